The van der Waals surface area contributed by atoms with Crippen molar-refractivity contribution in [1.29, 1.82) is 0 Å². The molecule has 1 unspecified atom stereocenters. The van der Waals surface area contributed by atoms with Gasteiger partial charge in [0.25, 0.3) is 0 Å². The van der Waals surface area contributed by atoms with Crippen molar-refractivity contribution >= 4 is 30.0 Å². The van der Waals surface area contributed by atoms with Crippen LogP contribution in [0.4, 0.5) is 5.95 Å². The number of carbonyl (C=O) groups excluding carboxylic acids is 1. The molecule has 4 rings (SSSR count). The second-order valence-corrected chi connectivity index (χ2v) is 20.0. The first-order valence-corrected chi connectivity index (χ1v) is 19.7. The zero-order chi connectivity index (χ0) is 31.5. The molecule has 1 saturated heterocycles. The Balaban J connectivity index is 1.91. The summed E-state index contributed by atoms with van der Waals surface area (Å²) in [6.45, 7) is 9.81. The van der Waals surface area contributed by atoms with Gasteiger partial charge in [-0.3, -0.25) is 9.36 Å². The second-order valence-electron chi connectivity index (χ2n) is 12.1. The topological polar surface area (TPSA) is 140 Å². The number of para-hydroxylation sites is 1. The van der Waals surface area contributed by atoms with Gasteiger partial charge in [-0.05, 0) is 57.0 Å². The van der Waals surface area contributed by atoms with Gasteiger partial charge in [0.05, 0.1) is 32.1 Å². The molecule has 3 heterocycles. The predicted octanol–water partition coefficient (Wildman–Crippen LogP) is 4.09. The molecule has 1 aliphatic rings. The van der Waals surface area contributed by atoms with Crippen LogP contribution in [0.1, 0.15) is 31.9 Å². The van der Waals surface area contributed by atoms with Gasteiger partial charge in [0.15, 0.2) is 5.76 Å². The average Bonchev–Trinajstić information content (AvgIpc) is 3.58. The Kier molecular flexibility index (Phi) is 9.92. The summed E-state index contributed by atoms with van der Waals surface area (Å²) in [5.74, 6) is 2.07. The van der Waals surface area contributed by atoms with E-state index in [9.17, 15) is 18.3 Å². The molecule has 2 atom stereocenters. The summed E-state index contributed by atoms with van der Waals surface area (Å²) in [5, 5.41) is 17.8. The van der Waals surface area contributed by atoms with E-state index < -0.39 is 29.4 Å². The molecule has 0 bridgehead atoms. The van der Waals surface area contributed by atoms with Crippen LogP contribution in [-0.4, -0.2) is 92.4 Å². The number of aromatic nitrogens is 3. The van der Waals surface area contributed by atoms with E-state index in [1.165, 1.54) is 23.4 Å². The first kappa shape index (κ1) is 32.5. The Bertz CT molecular complexity index is 1510. The van der Waals surface area contributed by atoms with E-state index in [2.05, 4.69) is 29.8 Å². The first-order chi connectivity index (χ1) is 20.3. The van der Waals surface area contributed by atoms with Crippen molar-refractivity contribution in [2.45, 2.75) is 70.1 Å². The van der Waals surface area contributed by atoms with Crippen LogP contribution in [0.2, 0.25) is 25.7 Å². The number of anilines is 1. The van der Waals surface area contributed by atoms with Crippen molar-refractivity contribution in [3.05, 3.63) is 36.1 Å². The lowest BCUT2D eigenvalue weighted by Gasteiger charge is -2.37. The van der Waals surface area contributed by atoms with Gasteiger partial charge in [-0.25, -0.2) is 12.7 Å². The molecule has 0 radical (unpaired) electrons. The van der Waals surface area contributed by atoms with Crippen molar-refractivity contribution < 1.29 is 32.2 Å². The molecule has 1 fully saturated rings. The number of benzene rings is 1. The summed E-state index contributed by atoms with van der Waals surface area (Å²) in [5.41, 5.74) is 0.420. The number of aliphatic hydroxyl groups is 1. The Morgan fingerprint density at radius 3 is 2.37 bits per heavy atom. The number of likely N-dealkylation sites (tertiary alicyclic amines) is 1. The molecule has 2 aromatic heterocycles. The van der Waals surface area contributed by atoms with E-state index in [0.29, 0.717) is 54.0 Å². The van der Waals surface area contributed by atoms with Crippen LogP contribution >= 0.6 is 0 Å². The fourth-order valence-electron chi connectivity index (χ4n) is 5.21. The number of hydrogen-bond donors (Lipinski definition) is 1. The molecule has 14 heteroatoms. The summed E-state index contributed by atoms with van der Waals surface area (Å²) >= 11 is 0. The van der Waals surface area contributed by atoms with Gasteiger partial charge in [0, 0.05) is 27.6 Å². The number of sulfonamides is 1. The molecule has 1 aromatic carbocycles. The van der Waals surface area contributed by atoms with Crippen molar-refractivity contribution in [2.24, 2.45) is 0 Å². The number of furan rings is 1. The van der Waals surface area contributed by atoms with Crippen LogP contribution in [0.15, 0.2) is 34.7 Å². The number of methoxy groups -OCH3 is 2. The van der Waals surface area contributed by atoms with E-state index in [-0.39, 0.29) is 37.4 Å². The molecule has 3 aromatic rings. The van der Waals surface area contributed by atoms with Crippen LogP contribution in [0, 0.1) is 6.92 Å². The maximum Gasteiger partial charge on any atom is 0.246 e. The largest absolute Gasteiger partial charge is 0.494 e. The lowest BCUT2D eigenvalue weighted by molar-refractivity contribution is -0.137. The second kappa shape index (κ2) is 13.1. The number of rotatable bonds is 13. The van der Waals surface area contributed by atoms with Gasteiger partial charge in [-0.15, -0.1) is 10.2 Å². The molecule has 0 aliphatic carbocycles. The number of ether oxygens (including phenoxy) is 2. The molecule has 1 N–H and O–H groups in total. The molecule has 12 nitrogen and oxygen atoms in total. The smallest absolute Gasteiger partial charge is 0.246 e. The Labute approximate surface area is 254 Å². The van der Waals surface area contributed by atoms with E-state index in [4.69, 9.17) is 13.9 Å². The highest BCUT2D eigenvalue weighted by Gasteiger charge is 2.39. The van der Waals surface area contributed by atoms with Crippen LogP contribution in [0.3, 0.4) is 0 Å². The average molecular weight is 634 g/mol. The van der Waals surface area contributed by atoms with Gasteiger partial charge in [0.2, 0.25) is 27.7 Å². The molecule has 1 amide bonds. The number of piperidine rings is 1. The highest BCUT2D eigenvalue weighted by molar-refractivity contribution is 7.93. The molecule has 43 heavy (non-hydrogen) atoms. The van der Waals surface area contributed by atoms with Gasteiger partial charge in [-0.2, -0.15) is 0 Å². The number of aryl methyl sites for hydroxylation is 1. The van der Waals surface area contributed by atoms with Crippen molar-refractivity contribution in [3.63, 3.8) is 0 Å². The highest BCUT2D eigenvalue weighted by atomic mass is 32.2. The Morgan fingerprint density at radius 2 is 1.81 bits per heavy atom. The predicted molar refractivity (Wildman–Crippen MR) is 167 cm³/mol. The van der Waals surface area contributed by atoms with Gasteiger partial charge < -0.3 is 23.9 Å². The van der Waals surface area contributed by atoms with E-state index in [1.807, 2.05) is 6.92 Å². The maximum atomic E-state index is 14.5. The number of amides is 1. The van der Waals surface area contributed by atoms with Crippen LogP contribution < -0.4 is 13.8 Å². The van der Waals surface area contributed by atoms with Crippen molar-refractivity contribution in [1.82, 2.24) is 19.7 Å². The summed E-state index contributed by atoms with van der Waals surface area (Å²) < 4.78 is 49.3. The van der Waals surface area contributed by atoms with E-state index >= 15 is 0 Å². The zero-order valence-electron chi connectivity index (χ0n) is 26.0. The third-order valence-corrected chi connectivity index (χ3v) is 11.5. The zero-order valence-corrected chi connectivity index (χ0v) is 27.8. The van der Waals surface area contributed by atoms with Crippen LogP contribution in [0.25, 0.3) is 17.3 Å². The van der Waals surface area contributed by atoms with Crippen LogP contribution in [0.5, 0.6) is 11.5 Å². The molecule has 0 saturated carbocycles. The summed E-state index contributed by atoms with van der Waals surface area (Å²) in [4.78, 5) is 14.3. The minimum absolute atomic E-state index is 0.0494. The normalized spacial score (nSPS) is 16.8. The van der Waals surface area contributed by atoms with Gasteiger partial charge >= 0.3 is 0 Å². The summed E-state index contributed by atoms with van der Waals surface area (Å²) in [6, 6.07) is 9.05. The number of hydrogen-bond acceptors (Lipinski definition) is 9. The number of nitrogens with zero attached hydrogens (tertiary/aromatic N) is 5. The van der Waals surface area contributed by atoms with Crippen LogP contribution in [-0.2, 0) is 14.8 Å². The third kappa shape index (κ3) is 6.91. The van der Waals surface area contributed by atoms with Crippen molar-refractivity contribution in [2.75, 3.05) is 38.2 Å². The standard InChI is InChI=1S/C29H43N5O7SSi/c1-20-14-15-25(41-20)28-30-31-29(34(28)27-23(39-3)11-9-12-24(27)40-4)33(16-17-43(5,6)7)42(37,38)21(2)18-32-22(19-35)10-8-13-26(32)36/h9,11-12,14-15,21-22,35H,8,10,13,16-19H2,1-7H3/t21?,22-/m0/s1. The monoisotopic (exact) mass is 633 g/mol. The lowest BCUT2D eigenvalue weighted by Crippen LogP contribution is -2.52. The minimum Gasteiger partial charge on any atom is -0.494 e. The van der Waals surface area contributed by atoms with Gasteiger partial charge in [-0.1, -0.05) is 25.7 Å². The highest BCUT2D eigenvalue weighted by Crippen LogP contribution is 2.39. The lowest BCUT2D eigenvalue weighted by atomic mass is 10.0. The minimum atomic E-state index is -4.12. The Hall–Kier alpha value is -3.36. The summed E-state index contributed by atoms with van der Waals surface area (Å²) in [7, 11) is -2.83. The molecule has 1 aliphatic heterocycles. The van der Waals surface area contributed by atoms with Crippen molar-refractivity contribution in [3.8, 4) is 28.8 Å². The fraction of sp³-hybridized carbons (Fsp3) is 0.552. The SMILES string of the molecule is COc1cccc(OC)c1-n1c(-c2ccc(C)o2)nnc1N(CC[Si](C)(C)C)S(=O)(=O)C(C)CN1C(=O)CCC[C@H]1CO. The molecule has 0 spiro atoms. The molecule has 236 valence electrons. The van der Waals surface area contributed by atoms with E-state index in [0.717, 1.165) is 0 Å². The quantitative estimate of drug-likeness (QED) is 0.276. The summed E-state index contributed by atoms with van der Waals surface area (Å²) in [6.07, 6.45) is 1.63. The Morgan fingerprint density at radius 1 is 1.14 bits per heavy atom. The van der Waals surface area contributed by atoms with Gasteiger partial charge in [0.1, 0.15) is 22.9 Å². The fourth-order valence-corrected chi connectivity index (χ4v) is 7.74. The molecular weight excluding hydrogens is 591 g/mol. The number of aliphatic hydroxyl groups excluding tert-OH is 1. The van der Waals surface area contributed by atoms with E-state index in [1.54, 1.807) is 41.8 Å². The maximum absolute atomic E-state index is 14.5. The first-order valence-electron chi connectivity index (χ1n) is 14.5. The molecular formula is C29H43N5O7SSi. The third-order valence-electron chi connectivity index (χ3n) is 7.69. The number of carbonyl (C=O) groups is 1.